The normalized spacial score (nSPS) is 37.7. The quantitative estimate of drug-likeness (QED) is 0.779. The third-order valence-electron chi connectivity index (χ3n) is 5.53. The van der Waals surface area contributed by atoms with E-state index >= 15 is 0 Å². The summed E-state index contributed by atoms with van der Waals surface area (Å²) in [4.78, 5) is 16.4. The van der Waals surface area contributed by atoms with E-state index in [1.165, 1.54) is 11.3 Å². The first-order chi connectivity index (χ1) is 10.1. The van der Waals surface area contributed by atoms with Crippen LogP contribution in [-0.2, 0) is 14.8 Å². The highest BCUT2D eigenvalue weighted by atomic mass is 79.9. The van der Waals surface area contributed by atoms with E-state index in [4.69, 9.17) is 0 Å². The average Bonchev–Trinajstić information content (AvgIpc) is 2.93. The Morgan fingerprint density at radius 1 is 1.50 bits per heavy atom. The number of carbonyl (C=O) groups is 1. The molecule has 0 aliphatic heterocycles. The van der Waals surface area contributed by atoms with Gasteiger partial charge in [0.05, 0.1) is 16.3 Å². The number of nitrogens with one attached hydrogen (secondary N) is 1. The molecule has 2 aliphatic rings. The molecule has 1 N–H and O–H groups in total. The van der Waals surface area contributed by atoms with Gasteiger partial charge in [0.1, 0.15) is 0 Å². The molecule has 2 bridgehead atoms. The highest BCUT2D eigenvalue weighted by molar-refractivity contribution is 9.10. The number of carbonyl (C=O) groups excluding carboxylic acids is 1. The monoisotopic (exact) mass is 406 g/mol. The summed E-state index contributed by atoms with van der Waals surface area (Å²) in [5.41, 5.74) is -0.326. The van der Waals surface area contributed by atoms with Gasteiger partial charge < -0.3 is 0 Å². The van der Waals surface area contributed by atoms with Crippen LogP contribution in [0.2, 0.25) is 0 Å². The fourth-order valence-electron chi connectivity index (χ4n) is 4.05. The van der Waals surface area contributed by atoms with E-state index < -0.39 is 20.9 Å². The number of anilines is 1. The molecule has 1 aromatic heterocycles. The zero-order valence-electron chi connectivity index (χ0n) is 12.7. The molecular weight excluding hydrogens is 388 g/mol. The van der Waals surface area contributed by atoms with Crippen LogP contribution in [0.25, 0.3) is 0 Å². The maximum absolute atomic E-state index is 12.6. The van der Waals surface area contributed by atoms with Gasteiger partial charge in [-0.25, -0.2) is 13.4 Å². The summed E-state index contributed by atoms with van der Waals surface area (Å²) >= 11 is 4.75. The van der Waals surface area contributed by atoms with Gasteiger partial charge in [0, 0.05) is 10.8 Å². The topological polar surface area (TPSA) is 76.1 Å². The molecule has 1 heterocycles. The van der Waals surface area contributed by atoms with Crippen molar-refractivity contribution in [3.63, 3.8) is 0 Å². The van der Waals surface area contributed by atoms with Crippen molar-refractivity contribution in [1.29, 1.82) is 0 Å². The first-order valence-corrected chi connectivity index (χ1v) is 10.6. The number of fused-ring (bicyclic) bond motifs is 2. The fraction of sp³-hybridized carbons (Fsp3) is 0.714. The van der Waals surface area contributed by atoms with Gasteiger partial charge in [-0.2, -0.15) is 0 Å². The summed E-state index contributed by atoms with van der Waals surface area (Å²) in [6.07, 6.45) is 1.65. The van der Waals surface area contributed by atoms with Crippen molar-refractivity contribution in [2.45, 2.75) is 38.4 Å². The van der Waals surface area contributed by atoms with Crippen molar-refractivity contribution in [3.05, 3.63) is 11.1 Å². The number of hydrogen-bond acceptors (Lipinski definition) is 5. The highest BCUT2D eigenvalue weighted by Gasteiger charge is 2.68. The Morgan fingerprint density at radius 2 is 2.18 bits per heavy atom. The van der Waals surface area contributed by atoms with E-state index in [0.717, 1.165) is 18.5 Å². The Labute approximate surface area is 143 Å². The zero-order valence-corrected chi connectivity index (χ0v) is 15.9. The third kappa shape index (κ3) is 2.26. The van der Waals surface area contributed by atoms with Gasteiger partial charge >= 0.3 is 0 Å². The predicted octanol–water partition coefficient (Wildman–Crippen LogP) is 2.96. The molecule has 0 unspecified atom stereocenters. The number of ketones is 1. The molecule has 3 rings (SSSR count). The second-order valence-electron chi connectivity index (χ2n) is 6.82. The SMILES string of the molecule is Cc1csc(NS(=O)(=O)C[C@]2(C)[C@H]3CC[C@]2(C)C(=O)[C@@H]3Br)n1. The lowest BCUT2D eigenvalue weighted by molar-refractivity contribution is -0.127. The summed E-state index contributed by atoms with van der Waals surface area (Å²) in [6.45, 7) is 5.68. The number of aromatic nitrogens is 1. The molecule has 0 amide bonds. The van der Waals surface area contributed by atoms with Crippen LogP contribution in [0.5, 0.6) is 0 Å². The summed E-state index contributed by atoms with van der Waals surface area (Å²) in [7, 11) is -3.55. The van der Waals surface area contributed by atoms with Crippen LogP contribution in [0, 0.1) is 23.7 Å². The molecule has 1 aromatic rings. The molecule has 0 saturated heterocycles. The number of alkyl halides is 1. The minimum absolute atomic E-state index is 0.0480. The van der Waals surface area contributed by atoms with E-state index in [1.54, 1.807) is 5.38 Å². The van der Waals surface area contributed by atoms with E-state index in [1.807, 2.05) is 20.8 Å². The smallest absolute Gasteiger partial charge is 0.235 e. The summed E-state index contributed by atoms with van der Waals surface area (Å²) in [6, 6.07) is 0. The molecule has 2 aliphatic carbocycles. The van der Waals surface area contributed by atoms with E-state index in [9.17, 15) is 13.2 Å². The summed E-state index contributed by atoms with van der Waals surface area (Å²) in [5.74, 6) is 0.166. The Balaban J connectivity index is 1.87. The van der Waals surface area contributed by atoms with Gasteiger partial charge in [-0.3, -0.25) is 9.52 Å². The molecule has 0 spiro atoms. The second-order valence-corrected chi connectivity index (χ2v) is 10.4. The van der Waals surface area contributed by atoms with E-state index in [2.05, 4.69) is 25.6 Å². The number of aryl methyl sites for hydroxylation is 1. The molecule has 8 heteroatoms. The number of rotatable bonds is 4. The largest absolute Gasteiger partial charge is 0.298 e. The second kappa shape index (κ2) is 5.01. The number of thiazole rings is 1. The standard InChI is InChI=1S/C14H19BrN2O3S2/c1-8-6-21-12(16-8)17-22(19,20)7-14(3)9-4-5-13(14,2)11(18)10(9)15/h6,9-10H,4-5,7H2,1-3H3,(H,16,17)/t9-,10+,13+,14+/m0/s1. The maximum Gasteiger partial charge on any atom is 0.235 e. The van der Waals surface area contributed by atoms with Crippen LogP contribution < -0.4 is 4.72 Å². The summed E-state index contributed by atoms with van der Waals surface area (Å²) in [5, 5.41) is 2.19. The molecule has 0 radical (unpaired) electrons. The summed E-state index contributed by atoms with van der Waals surface area (Å²) < 4.78 is 27.7. The first-order valence-electron chi connectivity index (χ1n) is 7.20. The minimum Gasteiger partial charge on any atom is -0.298 e. The van der Waals surface area contributed by atoms with Crippen molar-refractivity contribution >= 4 is 48.2 Å². The van der Waals surface area contributed by atoms with Gasteiger partial charge in [0.25, 0.3) is 0 Å². The van der Waals surface area contributed by atoms with Gasteiger partial charge in [-0.1, -0.05) is 29.8 Å². The van der Waals surface area contributed by atoms with Gasteiger partial charge in [-0.05, 0) is 31.1 Å². The van der Waals surface area contributed by atoms with Crippen molar-refractivity contribution in [2.75, 3.05) is 10.5 Å². The number of Topliss-reactive ketones (excluding diaryl/α,β-unsaturated/α-hetero) is 1. The molecule has 122 valence electrons. The average molecular weight is 407 g/mol. The van der Waals surface area contributed by atoms with Crippen LogP contribution >= 0.6 is 27.3 Å². The Kier molecular flexibility index (Phi) is 3.73. The number of hydrogen-bond donors (Lipinski definition) is 1. The predicted molar refractivity (Wildman–Crippen MR) is 90.9 cm³/mol. The molecule has 4 atom stereocenters. The first kappa shape index (κ1) is 16.4. The van der Waals surface area contributed by atoms with E-state index in [0.29, 0.717) is 5.13 Å². The Morgan fingerprint density at radius 3 is 2.68 bits per heavy atom. The van der Waals surface area contributed by atoms with Crippen LogP contribution in [-0.4, -0.2) is 29.8 Å². The van der Waals surface area contributed by atoms with Crippen LogP contribution in [0.4, 0.5) is 5.13 Å². The number of sulfonamides is 1. The van der Waals surface area contributed by atoms with Gasteiger partial charge in [-0.15, -0.1) is 11.3 Å². The Bertz CT molecular complexity index is 732. The number of halogens is 1. The molecule has 2 saturated carbocycles. The lowest BCUT2D eigenvalue weighted by Gasteiger charge is -2.35. The molecular formula is C14H19BrN2O3S2. The van der Waals surface area contributed by atoms with Crippen molar-refractivity contribution in [2.24, 2.45) is 16.7 Å². The third-order valence-corrected chi connectivity index (χ3v) is 9.08. The van der Waals surface area contributed by atoms with E-state index in [-0.39, 0.29) is 22.3 Å². The van der Waals surface area contributed by atoms with Crippen molar-refractivity contribution < 1.29 is 13.2 Å². The van der Waals surface area contributed by atoms with Gasteiger partial charge in [0.2, 0.25) is 10.0 Å². The van der Waals surface area contributed by atoms with Crippen molar-refractivity contribution in [3.8, 4) is 0 Å². The molecule has 5 nitrogen and oxygen atoms in total. The lowest BCUT2D eigenvalue weighted by atomic mass is 9.70. The van der Waals surface area contributed by atoms with Gasteiger partial charge in [0.15, 0.2) is 10.9 Å². The minimum atomic E-state index is -3.55. The maximum atomic E-state index is 12.6. The molecule has 2 fully saturated rings. The number of nitrogens with zero attached hydrogens (tertiary/aromatic N) is 1. The van der Waals surface area contributed by atoms with Crippen LogP contribution in [0.15, 0.2) is 5.38 Å². The zero-order chi connectivity index (χ0) is 16.3. The molecule has 0 aromatic carbocycles. The lowest BCUT2D eigenvalue weighted by Crippen LogP contribution is -2.41. The fourth-order valence-corrected chi connectivity index (χ4v) is 8.21. The molecule has 22 heavy (non-hydrogen) atoms. The van der Waals surface area contributed by atoms with Crippen molar-refractivity contribution in [1.82, 2.24) is 4.98 Å². The van der Waals surface area contributed by atoms with Crippen LogP contribution in [0.3, 0.4) is 0 Å². The van der Waals surface area contributed by atoms with Crippen LogP contribution in [0.1, 0.15) is 32.4 Å². The highest BCUT2D eigenvalue weighted by Crippen LogP contribution is 2.65. The Hall–Kier alpha value is -0.470.